The van der Waals surface area contributed by atoms with Crippen LogP contribution in [0.4, 0.5) is 5.82 Å². The zero-order chi connectivity index (χ0) is 15.5. The Labute approximate surface area is 136 Å². The molecular formula is C17H21ClN4. The number of nitrogens with two attached hydrogens (primary N) is 1. The van der Waals surface area contributed by atoms with Crippen LogP contribution in [0.3, 0.4) is 0 Å². The molecule has 22 heavy (non-hydrogen) atoms. The van der Waals surface area contributed by atoms with Crippen molar-refractivity contribution in [2.24, 2.45) is 5.73 Å². The van der Waals surface area contributed by atoms with E-state index in [0.717, 1.165) is 60.3 Å². The molecule has 1 aliphatic heterocycles. The average Bonchev–Trinajstić information content (AvgIpc) is 2.55. The normalized spacial score (nSPS) is 16.0. The van der Waals surface area contributed by atoms with Crippen LogP contribution in [0.1, 0.15) is 25.5 Å². The minimum absolute atomic E-state index is 0.319. The van der Waals surface area contributed by atoms with Gasteiger partial charge in [0.05, 0.1) is 0 Å². The highest BCUT2D eigenvalue weighted by molar-refractivity contribution is 6.30. The van der Waals surface area contributed by atoms with Crippen molar-refractivity contribution in [3.63, 3.8) is 0 Å². The molecule has 1 saturated heterocycles. The number of nitrogens with zero attached hydrogens (tertiary/aromatic N) is 3. The number of aromatic nitrogens is 2. The molecule has 1 fully saturated rings. The quantitative estimate of drug-likeness (QED) is 0.944. The molecule has 116 valence electrons. The van der Waals surface area contributed by atoms with E-state index in [2.05, 4.69) is 22.9 Å². The molecule has 1 aromatic carbocycles. The Balaban J connectivity index is 1.94. The topological polar surface area (TPSA) is 55.0 Å². The Morgan fingerprint density at radius 1 is 1.18 bits per heavy atom. The summed E-state index contributed by atoms with van der Waals surface area (Å²) in [7, 11) is 0. The number of hydrogen-bond acceptors (Lipinski definition) is 4. The summed E-state index contributed by atoms with van der Waals surface area (Å²) < 4.78 is 0. The van der Waals surface area contributed by atoms with Gasteiger partial charge in [-0.3, -0.25) is 0 Å². The summed E-state index contributed by atoms with van der Waals surface area (Å²) in [5.41, 5.74) is 8.05. The minimum atomic E-state index is 0.319. The SMILES string of the molecule is CCc1cc(N2CCC(N)CC2)nc(-c2ccc(Cl)cc2)n1. The van der Waals surface area contributed by atoms with Crippen LogP contribution in [0.15, 0.2) is 30.3 Å². The van der Waals surface area contributed by atoms with E-state index in [1.807, 2.05) is 24.3 Å². The third-order valence-corrected chi connectivity index (χ3v) is 4.35. The van der Waals surface area contributed by atoms with Gasteiger partial charge in [0.2, 0.25) is 0 Å². The van der Waals surface area contributed by atoms with Gasteiger partial charge < -0.3 is 10.6 Å². The molecule has 2 aromatic rings. The predicted octanol–water partition coefficient (Wildman–Crippen LogP) is 3.29. The fourth-order valence-corrected chi connectivity index (χ4v) is 2.81. The van der Waals surface area contributed by atoms with Gasteiger partial charge in [-0.15, -0.1) is 0 Å². The third-order valence-electron chi connectivity index (χ3n) is 4.09. The second kappa shape index (κ2) is 6.63. The largest absolute Gasteiger partial charge is 0.356 e. The Bertz CT molecular complexity index is 634. The lowest BCUT2D eigenvalue weighted by Crippen LogP contribution is -2.40. The fraction of sp³-hybridized carbons (Fsp3) is 0.412. The molecule has 5 heteroatoms. The standard InChI is InChI=1S/C17H21ClN4/c1-2-15-11-16(22-9-7-14(19)8-10-22)21-17(20-15)12-3-5-13(18)6-4-12/h3-6,11,14H,2,7-10,19H2,1H3. The van der Waals surface area contributed by atoms with Crippen LogP contribution in [0, 0.1) is 0 Å². The summed E-state index contributed by atoms with van der Waals surface area (Å²) in [5, 5.41) is 0.723. The van der Waals surface area contributed by atoms with Gasteiger partial charge in [-0.05, 0) is 43.5 Å². The van der Waals surface area contributed by atoms with Crippen molar-refractivity contribution in [2.75, 3.05) is 18.0 Å². The van der Waals surface area contributed by atoms with Crippen LogP contribution >= 0.6 is 11.6 Å². The van der Waals surface area contributed by atoms with E-state index in [4.69, 9.17) is 22.3 Å². The van der Waals surface area contributed by atoms with Crippen molar-refractivity contribution in [1.29, 1.82) is 0 Å². The molecule has 0 amide bonds. The van der Waals surface area contributed by atoms with E-state index in [1.165, 1.54) is 0 Å². The monoisotopic (exact) mass is 316 g/mol. The van der Waals surface area contributed by atoms with Crippen molar-refractivity contribution in [2.45, 2.75) is 32.2 Å². The number of anilines is 1. The van der Waals surface area contributed by atoms with Gasteiger partial charge in [-0.1, -0.05) is 18.5 Å². The summed E-state index contributed by atoms with van der Waals surface area (Å²) in [6.45, 7) is 4.03. The predicted molar refractivity (Wildman–Crippen MR) is 91.3 cm³/mol. The van der Waals surface area contributed by atoms with E-state index in [9.17, 15) is 0 Å². The van der Waals surface area contributed by atoms with Crippen LogP contribution in [-0.4, -0.2) is 29.1 Å². The van der Waals surface area contributed by atoms with Gasteiger partial charge in [0.15, 0.2) is 5.82 Å². The average molecular weight is 317 g/mol. The molecule has 0 bridgehead atoms. The highest BCUT2D eigenvalue weighted by atomic mass is 35.5. The van der Waals surface area contributed by atoms with Crippen LogP contribution in [0.5, 0.6) is 0 Å². The molecule has 3 rings (SSSR count). The van der Waals surface area contributed by atoms with Crippen molar-refractivity contribution in [3.8, 4) is 11.4 Å². The number of benzene rings is 1. The molecular weight excluding hydrogens is 296 g/mol. The number of halogens is 1. The van der Waals surface area contributed by atoms with Crippen LogP contribution in [-0.2, 0) is 6.42 Å². The van der Waals surface area contributed by atoms with Gasteiger partial charge in [-0.25, -0.2) is 9.97 Å². The van der Waals surface area contributed by atoms with Crippen LogP contribution < -0.4 is 10.6 Å². The molecule has 1 aromatic heterocycles. The van der Waals surface area contributed by atoms with Gasteiger partial charge in [-0.2, -0.15) is 0 Å². The molecule has 0 atom stereocenters. The van der Waals surface area contributed by atoms with Gasteiger partial charge in [0, 0.05) is 41.5 Å². The van der Waals surface area contributed by atoms with Crippen molar-refractivity contribution in [1.82, 2.24) is 9.97 Å². The van der Waals surface area contributed by atoms with E-state index < -0.39 is 0 Å². The fourth-order valence-electron chi connectivity index (χ4n) is 2.68. The third kappa shape index (κ3) is 3.39. The summed E-state index contributed by atoms with van der Waals surface area (Å²) in [5.74, 6) is 1.77. The first kappa shape index (κ1) is 15.3. The summed E-state index contributed by atoms with van der Waals surface area (Å²) >= 11 is 5.96. The van der Waals surface area contributed by atoms with Crippen molar-refractivity contribution in [3.05, 3.63) is 41.0 Å². The second-order valence-corrected chi connectivity index (χ2v) is 6.16. The van der Waals surface area contributed by atoms with E-state index in [0.29, 0.717) is 6.04 Å². The zero-order valence-electron chi connectivity index (χ0n) is 12.8. The van der Waals surface area contributed by atoms with Crippen molar-refractivity contribution < 1.29 is 0 Å². The first-order valence-corrected chi connectivity index (χ1v) is 8.18. The number of piperidine rings is 1. The molecule has 0 unspecified atom stereocenters. The smallest absolute Gasteiger partial charge is 0.161 e. The van der Waals surface area contributed by atoms with E-state index in [1.54, 1.807) is 0 Å². The lowest BCUT2D eigenvalue weighted by Gasteiger charge is -2.31. The Hall–Kier alpha value is -1.65. The van der Waals surface area contributed by atoms with Gasteiger partial charge >= 0.3 is 0 Å². The van der Waals surface area contributed by atoms with E-state index in [-0.39, 0.29) is 0 Å². The lowest BCUT2D eigenvalue weighted by atomic mass is 10.1. The molecule has 2 heterocycles. The van der Waals surface area contributed by atoms with Crippen LogP contribution in [0.2, 0.25) is 5.02 Å². The maximum atomic E-state index is 5.99. The molecule has 0 spiro atoms. The highest BCUT2D eigenvalue weighted by Gasteiger charge is 2.18. The second-order valence-electron chi connectivity index (χ2n) is 5.73. The Morgan fingerprint density at radius 2 is 1.86 bits per heavy atom. The molecule has 4 nitrogen and oxygen atoms in total. The number of aryl methyl sites for hydroxylation is 1. The first-order valence-electron chi connectivity index (χ1n) is 7.80. The maximum absolute atomic E-state index is 5.99. The Kier molecular flexibility index (Phi) is 4.60. The molecule has 1 aliphatic rings. The molecule has 0 aliphatic carbocycles. The highest BCUT2D eigenvalue weighted by Crippen LogP contribution is 2.24. The lowest BCUT2D eigenvalue weighted by molar-refractivity contribution is 0.498. The summed E-state index contributed by atoms with van der Waals surface area (Å²) in [4.78, 5) is 11.7. The van der Waals surface area contributed by atoms with E-state index >= 15 is 0 Å². The van der Waals surface area contributed by atoms with Crippen molar-refractivity contribution >= 4 is 17.4 Å². The van der Waals surface area contributed by atoms with Gasteiger partial charge in [0.1, 0.15) is 5.82 Å². The Morgan fingerprint density at radius 3 is 2.50 bits per heavy atom. The minimum Gasteiger partial charge on any atom is -0.356 e. The molecule has 0 radical (unpaired) electrons. The maximum Gasteiger partial charge on any atom is 0.161 e. The first-order chi connectivity index (χ1) is 10.7. The number of hydrogen-bond donors (Lipinski definition) is 1. The number of rotatable bonds is 3. The molecule has 0 saturated carbocycles. The van der Waals surface area contributed by atoms with Crippen LogP contribution in [0.25, 0.3) is 11.4 Å². The zero-order valence-corrected chi connectivity index (χ0v) is 13.6. The molecule has 2 N–H and O–H groups in total. The summed E-state index contributed by atoms with van der Waals surface area (Å²) in [6.07, 6.45) is 2.92. The summed E-state index contributed by atoms with van der Waals surface area (Å²) in [6, 6.07) is 10.1. The van der Waals surface area contributed by atoms with Gasteiger partial charge in [0.25, 0.3) is 0 Å².